The summed E-state index contributed by atoms with van der Waals surface area (Å²) in [5.41, 5.74) is 1.69. The van der Waals surface area contributed by atoms with Gasteiger partial charge in [0.15, 0.2) is 0 Å². The Labute approximate surface area is 68.3 Å². The molecule has 2 N–H and O–H groups in total. The molecular weight excluding hydrogens is 162 g/mol. The largest absolute Gasteiger partial charge is 0.391 e. The lowest BCUT2D eigenvalue weighted by molar-refractivity contribution is 0.177. The first-order valence-electron chi connectivity index (χ1n) is 3.53. The predicted octanol–water partition coefficient (Wildman–Crippen LogP) is -0.414. The van der Waals surface area contributed by atoms with Gasteiger partial charge in [-0.15, -0.1) is 21.5 Å². The first-order valence-corrected chi connectivity index (χ1v) is 4.41. The quantitative estimate of drug-likeness (QED) is 0.603. The first kappa shape index (κ1) is 7.15. The fourth-order valence-electron chi connectivity index (χ4n) is 1.26. The van der Waals surface area contributed by atoms with E-state index in [1.54, 1.807) is 5.51 Å². The van der Waals surface area contributed by atoms with Gasteiger partial charge < -0.3 is 10.4 Å². The molecule has 2 atom stereocenters. The number of hydrogen-bond donors (Lipinski definition) is 2. The number of hydrogen-bond acceptors (Lipinski definition) is 5. The molecule has 1 saturated heterocycles. The van der Waals surface area contributed by atoms with Crippen molar-refractivity contribution in [2.75, 3.05) is 13.1 Å². The lowest BCUT2D eigenvalue weighted by Gasteiger charge is -2.07. The molecule has 1 fully saturated rings. The number of nitrogens with one attached hydrogen (secondary N) is 1. The summed E-state index contributed by atoms with van der Waals surface area (Å²) >= 11 is 1.50. The number of β-amino-alcohol motifs (C(OH)–C–C–N with tert-alkyl or cyclic N) is 1. The van der Waals surface area contributed by atoms with Crippen molar-refractivity contribution < 1.29 is 5.11 Å². The zero-order chi connectivity index (χ0) is 7.68. The normalized spacial score (nSPS) is 31.0. The molecule has 0 aliphatic carbocycles. The second-order valence-corrected chi connectivity index (χ2v) is 3.47. The van der Waals surface area contributed by atoms with E-state index in [0.29, 0.717) is 6.54 Å². The summed E-state index contributed by atoms with van der Waals surface area (Å²) in [6.07, 6.45) is -0.289. The molecule has 2 heterocycles. The molecule has 1 aliphatic rings. The highest BCUT2D eigenvalue weighted by Crippen LogP contribution is 2.23. The van der Waals surface area contributed by atoms with Crippen molar-refractivity contribution in [2.24, 2.45) is 0 Å². The average Bonchev–Trinajstić information content (AvgIpc) is 2.55. The molecule has 1 aliphatic heterocycles. The Morgan fingerprint density at radius 1 is 1.64 bits per heavy atom. The van der Waals surface area contributed by atoms with Crippen LogP contribution in [-0.2, 0) is 0 Å². The molecular formula is C6H9N3OS. The van der Waals surface area contributed by atoms with Crippen molar-refractivity contribution in [3.63, 3.8) is 0 Å². The third-order valence-electron chi connectivity index (χ3n) is 1.88. The maximum atomic E-state index is 9.44. The summed E-state index contributed by atoms with van der Waals surface area (Å²) < 4.78 is 0. The number of aliphatic hydroxyl groups is 1. The van der Waals surface area contributed by atoms with Crippen LogP contribution in [-0.4, -0.2) is 34.5 Å². The van der Waals surface area contributed by atoms with Gasteiger partial charge in [0, 0.05) is 13.1 Å². The van der Waals surface area contributed by atoms with Crippen molar-refractivity contribution in [3.05, 3.63) is 10.5 Å². The van der Waals surface area contributed by atoms with E-state index in [1.807, 2.05) is 0 Å². The van der Waals surface area contributed by atoms with Crippen molar-refractivity contribution in [1.82, 2.24) is 15.5 Å². The second kappa shape index (κ2) is 2.84. The summed E-state index contributed by atoms with van der Waals surface area (Å²) in [5.74, 6) is 0.155. The molecule has 0 bridgehead atoms. The van der Waals surface area contributed by atoms with Crippen LogP contribution in [0.3, 0.4) is 0 Å². The van der Waals surface area contributed by atoms with Crippen molar-refractivity contribution in [2.45, 2.75) is 12.0 Å². The molecule has 60 valence electrons. The molecule has 1 aromatic heterocycles. The summed E-state index contributed by atoms with van der Waals surface area (Å²) in [5, 5.41) is 21.1. The van der Waals surface area contributed by atoms with Gasteiger partial charge in [-0.25, -0.2) is 0 Å². The Morgan fingerprint density at radius 3 is 3.09 bits per heavy atom. The zero-order valence-corrected chi connectivity index (χ0v) is 6.71. The first-order chi connectivity index (χ1) is 5.38. The molecule has 0 spiro atoms. The van der Waals surface area contributed by atoms with Crippen LogP contribution in [0.4, 0.5) is 0 Å². The van der Waals surface area contributed by atoms with E-state index in [-0.39, 0.29) is 12.0 Å². The van der Waals surface area contributed by atoms with E-state index in [4.69, 9.17) is 0 Å². The molecule has 0 aromatic carbocycles. The molecule has 2 rings (SSSR count). The standard InChI is InChI=1S/C6H9N3OS/c10-5-2-7-1-4(5)6-9-8-3-11-6/h3-5,7,10H,1-2H2/t4-,5-/m1/s1. The minimum atomic E-state index is -0.289. The second-order valence-electron chi connectivity index (χ2n) is 2.61. The Bertz CT molecular complexity index is 226. The van der Waals surface area contributed by atoms with Gasteiger partial charge in [-0.05, 0) is 0 Å². The van der Waals surface area contributed by atoms with Crippen LogP contribution in [0.25, 0.3) is 0 Å². The molecule has 1 aromatic rings. The molecule has 0 radical (unpaired) electrons. The number of rotatable bonds is 1. The SMILES string of the molecule is O[C@@H]1CNC[C@H]1c1nncs1. The topological polar surface area (TPSA) is 58.0 Å². The van der Waals surface area contributed by atoms with Gasteiger partial charge in [-0.2, -0.15) is 0 Å². The maximum absolute atomic E-state index is 9.44. The molecule has 4 nitrogen and oxygen atoms in total. The predicted molar refractivity (Wildman–Crippen MR) is 41.5 cm³/mol. The van der Waals surface area contributed by atoms with Crippen molar-refractivity contribution in [3.8, 4) is 0 Å². The van der Waals surface area contributed by atoms with E-state index in [1.165, 1.54) is 11.3 Å². The fraction of sp³-hybridized carbons (Fsp3) is 0.667. The summed E-state index contributed by atoms with van der Waals surface area (Å²) in [4.78, 5) is 0. The van der Waals surface area contributed by atoms with Gasteiger partial charge >= 0.3 is 0 Å². The Balaban J connectivity index is 2.16. The number of aromatic nitrogens is 2. The van der Waals surface area contributed by atoms with Crippen LogP contribution in [0.5, 0.6) is 0 Å². The highest BCUT2D eigenvalue weighted by atomic mass is 32.1. The summed E-state index contributed by atoms with van der Waals surface area (Å²) in [6, 6.07) is 0. The lowest BCUT2D eigenvalue weighted by Crippen LogP contribution is -2.15. The third kappa shape index (κ3) is 1.26. The van der Waals surface area contributed by atoms with E-state index in [2.05, 4.69) is 15.5 Å². The van der Waals surface area contributed by atoms with Gasteiger partial charge in [0.1, 0.15) is 10.5 Å². The van der Waals surface area contributed by atoms with E-state index < -0.39 is 0 Å². The van der Waals surface area contributed by atoms with Crippen LogP contribution in [0.2, 0.25) is 0 Å². The zero-order valence-electron chi connectivity index (χ0n) is 5.90. The van der Waals surface area contributed by atoms with Gasteiger partial charge in [-0.1, -0.05) is 0 Å². The minimum Gasteiger partial charge on any atom is -0.391 e. The van der Waals surface area contributed by atoms with Gasteiger partial charge in [0.25, 0.3) is 0 Å². The molecule has 11 heavy (non-hydrogen) atoms. The molecule has 5 heteroatoms. The lowest BCUT2D eigenvalue weighted by atomic mass is 10.1. The smallest absolute Gasteiger partial charge is 0.124 e. The summed E-state index contributed by atoms with van der Waals surface area (Å²) in [7, 11) is 0. The van der Waals surface area contributed by atoms with Gasteiger partial charge in [0.05, 0.1) is 12.0 Å². The van der Waals surface area contributed by atoms with Crippen LogP contribution in [0.1, 0.15) is 10.9 Å². The van der Waals surface area contributed by atoms with Crippen molar-refractivity contribution in [1.29, 1.82) is 0 Å². The van der Waals surface area contributed by atoms with E-state index >= 15 is 0 Å². The van der Waals surface area contributed by atoms with Gasteiger partial charge in [0.2, 0.25) is 0 Å². The van der Waals surface area contributed by atoms with Crippen LogP contribution in [0, 0.1) is 0 Å². The highest BCUT2D eigenvalue weighted by Gasteiger charge is 2.28. The van der Waals surface area contributed by atoms with Gasteiger partial charge in [-0.3, -0.25) is 0 Å². The third-order valence-corrected chi connectivity index (χ3v) is 2.70. The van der Waals surface area contributed by atoms with Crippen molar-refractivity contribution >= 4 is 11.3 Å². The number of aliphatic hydroxyl groups excluding tert-OH is 1. The maximum Gasteiger partial charge on any atom is 0.124 e. The highest BCUT2D eigenvalue weighted by molar-refractivity contribution is 7.09. The average molecular weight is 171 g/mol. The molecule has 0 saturated carbocycles. The van der Waals surface area contributed by atoms with E-state index in [9.17, 15) is 5.11 Å². The summed E-state index contributed by atoms with van der Waals surface area (Å²) in [6.45, 7) is 1.49. The number of nitrogens with zero attached hydrogens (tertiary/aromatic N) is 2. The Kier molecular flexibility index (Phi) is 1.85. The van der Waals surface area contributed by atoms with Crippen LogP contribution >= 0.6 is 11.3 Å². The van der Waals surface area contributed by atoms with Crippen LogP contribution < -0.4 is 5.32 Å². The minimum absolute atomic E-state index is 0.155. The van der Waals surface area contributed by atoms with Crippen LogP contribution in [0.15, 0.2) is 5.51 Å². The fourth-order valence-corrected chi connectivity index (χ4v) is 1.97. The molecule has 0 amide bonds. The molecule has 0 unspecified atom stereocenters. The van der Waals surface area contributed by atoms with E-state index in [0.717, 1.165) is 11.6 Å². The Hall–Kier alpha value is -0.520. The Morgan fingerprint density at radius 2 is 2.55 bits per heavy atom. The monoisotopic (exact) mass is 171 g/mol.